The van der Waals surface area contributed by atoms with Crippen LogP contribution in [0.2, 0.25) is 0 Å². The third-order valence-electron chi connectivity index (χ3n) is 2.68. The largest absolute Gasteiger partial charge is 0.463 e. The molecule has 0 saturated carbocycles. The van der Waals surface area contributed by atoms with E-state index in [4.69, 9.17) is 9.15 Å². The second kappa shape index (κ2) is 6.93. The lowest BCUT2D eigenvalue weighted by molar-refractivity contribution is -0.121. The average molecular weight is 251 g/mol. The molecule has 1 aliphatic heterocycles. The molecule has 18 heavy (non-hydrogen) atoms. The van der Waals surface area contributed by atoms with Gasteiger partial charge in [-0.1, -0.05) is 0 Å². The molecule has 6 nitrogen and oxygen atoms in total. The molecule has 1 aliphatic rings. The van der Waals surface area contributed by atoms with Crippen molar-refractivity contribution in [2.75, 3.05) is 32.8 Å². The maximum Gasteiger partial charge on any atom is 0.241 e. The number of furan rings is 1. The Morgan fingerprint density at radius 1 is 1.50 bits per heavy atom. The number of nitrogens with one attached hydrogen (secondary N) is 1. The van der Waals surface area contributed by atoms with Gasteiger partial charge < -0.3 is 9.15 Å². The molecule has 1 N–H and O–H groups in total. The van der Waals surface area contributed by atoms with Crippen molar-refractivity contribution in [3.05, 3.63) is 24.2 Å². The quantitative estimate of drug-likeness (QED) is 0.609. The van der Waals surface area contributed by atoms with E-state index in [1.165, 1.54) is 6.21 Å². The lowest BCUT2D eigenvalue weighted by Gasteiger charge is -2.25. The van der Waals surface area contributed by atoms with E-state index in [0.717, 1.165) is 32.8 Å². The van der Waals surface area contributed by atoms with Gasteiger partial charge in [0.25, 0.3) is 0 Å². The summed E-state index contributed by atoms with van der Waals surface area (Å²) in [5.41, 5.74) is 2.47. The second-order valence-electron chi connectivity index (χ2n) is 4.01. The molecule has 0 unspecified atom stereocenters. The van der Waals surface area contributed by atoms with Gasteiger partial charge in [0, 0.05) is 26.1 Å². The summed E-state index contributed by atoms with van der Waals surface area (Å²) in [6, 6.07) is 3.53. The standard InChI is InChI=1S/C12H17N3O3/c16-12(3-4-15-5-8-17-9-6-15)14-13-10-11-2-1-7-18-11/h1-2,7,10H,3-6,8-9H2,(H,14,16). The number of hydrogen-bond acceptors (Lipinski definition) is 5. The Morgan fingerprint density at radius 3 is 3.06 bits per heavy atom. The van der Waals surface area contributed by atoms with Crippen LogP contribution >= 0.6 is 0 Å². The number of nitrogens with zero attached hydrogens (tertiary/aromatic N) is 2. The Kier molecular flexibility index (Phi) is 4.92. The van der Waals surface area contributed by atoms with Crippen LogP contribution in [0, 0.1) is 0 Å². The van der Waals surface area contributed by atoms with Gasteiger partial charge in [0.1, 0.15) is 5.76 Å². The second-order valence-corrected chi connectivity index (χ2v) is 4.01. The van der Waals surface area contributed by atoms with Gasteiger partial charge in [-0.2, -0.15) is 5.10 Å². The molecule has 2 rings (SSSR count). The van der Waals surface area contributed by atoms with Crippen LogP contribution in [0.4, 0.5) is 0 Å². The van der Waals surface area contributed by atoms with Gasteiger partial charge in [-0.3, -0.25) is 9.69 Å². The third-order valence-corrected chi connectivity index (χ3v) is 2.68. The van der Waals surface area contributed by atoms with Crippen LogP contribution in [0.3, 0.4) is 0 Å². The van der Waals surface area contributed by atoms with Crippen LogP contribution in [-0.2, 0) is 9.53 Å². The van der Waals surface area contributed by atoms with Gasteiger partial charge in [-0.25, -0.2) is 5.43 Å². The SMILES string of the molecule is O=C(CCN1CCOCC1)NN=Cc1ccco1. The summed E-state index contributed by atoms with van der Waals surface area (Å²) >= 11 is 0. The van der Waals surface area contributed by atoms with E-state index >= 15 is 0 Å². The molecule has 0 spiro atoms. The van der Waals surface area contributed by atoms with Crippen molar-refractivity contribution in [1.29, 1.82) is 0 Å². The number of hydrazone groups is 1. The highest BCUT2D eigenvalue weighted by Gasteiger charge is 2.11. The first kappa shape index (κ1) is 12.8. The molecule has 1 aromatic heterocycles. The molecule has 2 heterocycles. The molecule has 1 amide bonds. The van der Waals surface area contributed by atoms with Gasteiger partial charge >= 0.3 is 0 Å². The van der Waals surface area contributed by atoms with Crippen LogP contribution in [0.25, 0.3) is 0 Å². The molecule has 0 aliphatic carbocycles. The highest BCUT2D eigenvalue weighted by Crippen LogP contribution is 1.98. The minimum atomic E-state index is -0.0932. The fourth-order valence-corrected chi connectivity index (χ4v) is 1.67. The highest BCUT2D eigenvalue weighted by molar-refractivity contribution is 5.80. The first-order valence-corrected chi connectivity index (χ1v) is 6.00. The van der Waals surface area contributed by atoms with Crippen molar-refractivity contribution < 1.29 is 13.9 Å². The molecule has 1 saturated heterocycles. The number of amides is 1. The zero-order valence-corrected chi connectivity index (χ0v) is 10.2. The average Bonchev–Trinajstić information content (AvgIpc) is 2.91. The summed E-state index contributed by atoms with van der Waals surface area (Å²) in [5.74, 6) is 0.521. The van der Waals surface area contributed by atoms with Gasteiger partial charge in [-0.15, -0.1) is 0 Å². The maximum absolute atomic E-state index is 11.5. The van der Waals surface area contributed by atoms with Crippen molar-refractivity contribution in [3.8, 4) is 0 Å². The molecule has 98 valence electrons. The lowest BCUT2D eigenvalue weighted by atomic mass is 10.3. The van der Waals surface area contributed by atoms with E-state index in [-0.39, 0.29) is 5.91 Å². The van der Waals surface area contributed by atoms with E-state index in [2.05, 4.69) is 15.4 Å². The van der Waals surface area contributed by atoms with Crippen molar-refractivity contribution in [2.45, 2.75) is 6.42 Å². The van der Waals surface area contributed by atoms with Crippen LogP contribution in [-0.4, -0.2) is 49.9 Å². The topological polar surface area (TPSA) is 67.1 Å². The van der Waals surface area contributed by atoms with Crippen molar-refractivity contribution in [3.63, 3.8) is 0 Å². The molecule has 0 aromatic carbocycles. The van der Waals surface area contributed by atoms with Crippen LogP contribution in [0.1, 0.15) is 12.2 Å². The Labute approximate surface area is 106 Å². The normalized spacial score (nSPS) is 17.1. The zero-order valence-electron chi connectivity index (χ0n) is 10.2. The van der Waals surface area contributed by atoms with Crippen LogP contribution < -0.4 is 5.43 Å². The molecule has 1 aromatic rings. The predicted molar refractivity (Wildman–Crippen MR) is 66.3 cm³/mol. The summed E-state index contributed by atoms with van der Waals surface area (Å²) in [6.45, 7) is 4.02. The summed E-state index contributed by atoms with van der Waals surface area (Å²) < 4.78 is 10.3. The maximum atomic E-state index is 11.5. The monoisotopic (exact) mass is 251 g/mol. The van der Waals surface area contributed by atoms with Crippen LogP contribution in [0.5, 0.6) is 0 Å². The summed E-state index contributed by atoms with van der Waals surface area (Å²) in [7, 11) is 0. The first-order chi connectivity index (χ1) is 8.84. The number of carbonyl (C=O) groups is 1. The number of rotatable bonds is 5. The third kappa shape index (κ3) is 4.31. The van der Waals surface area contributed by atoms with Gasteiger partial charge in [-0.05, 0) is 12.1 Å². The Balaban J connectivity index is 1.62. The highest BCUT2D eigenvalue weighted by atomic mass is 16.5. The van der Waals surface area contributed by atoms with E-state index < -0.39 is 0 Å². The molecule has 0 atom stereocenters. The fraction of sp³-hybridized carbons (Fsp3) is 0.500. The molecular formula is C12H17N3O3. The van der Waals surface area contributed by atoms with Crippen molar-refractivity contribution >= 4 is 12.1 Å². The van der Waals surface area contributed by atoms with E-state index in [0.29, 0.717) is 12.2 Å². The fourth-order valence-electron chi connectivity index (χ4n) is 1.67. The minimum Gasteiger partial charge on any atom is -0.463 e. The Bertz CT molecular complexity index is 383. The molecule has 0 radical (unpaired) electrons. The van der Waals surface area contributed by atoms with E-state index in [9.17, 15) is 4.79 Å². The van der Waals surface area contributed by atoms with E-state index in [1.54, 1.807) is 18.4 Å². The minimum absolute atomic E-state index is 0.0932. The zero-order chi connectivity index (χ0) is 12.6. The number of hydrogen-bond donors (Lipinski definition) is 1. The van der Waals surface area contributed by atoms with Gasteiger partial charge in [0.15, 0.2) is 0 Å². The van der Waals surface area contributed by atoms with Crippen molar-refractivity contribution in [2.24, 2.45) is 5.10 Å². The predicted octanol–water partition coefficient (Wildman–Crippen LogP) is 0.452. The first-order valence-electron chi connectivity index (χ1n) is 6.00. The molecule has 6 heteroatoms. The summed E-state index contributed by atoms with van der Waals surface area (Å²) in [5, 5.41) is 3.82. The Hall–Kier alpha value is -1.66. The summed E-state index contributed by atoms with van der Waals surface area (Å²) in [6.07, 6.45) is 3.48. The number of carbonyl (C=O) groups excluding carboxylic acids is 1. The number of ether oxygens (including phenoxy) is 1. The summed E-state index contributed by atoms with van der Waals surface area (Å²) in [4.78, 5) is 13.7. The molecular weight excluding hydrogens is 234 g/mol. The van der Waals surface area contributed by atoms with Crippen LogP contribution in [0.15, 0.2) is 27.9 Å². The molecule has 1 fully saturated rings. The molecule has 0 bridgehead atoms. The van der Waals surface area contributed by atoms with Crippen molar-refractivity contribution in [1.82, 2.24) is 10.3 Å². The van der Waals surface area contributed by atoms with Gasteiger partial charge in [0.05, 0.1) is 25.7 Å². The Morgan fingerprint density at radius 2 is 2.33 bits per heavy atom. The van der Waals surface area contributed by atoms with Gasteiger partial charge in [0.2, 0.25) is 5.91 Å². The number of morpholine rings is 1. The smallest absolute Gasteiger partial charge is 0.241 e. The lowest BCUT2D eigenvalue weighted by Crippen LogP contribution is -2.38. The van der Waals surface area contributed by atoms with E-state index in [1.807, 2.05) is 0 Å².